The molecule has 1 aromatic heterocycles. The van der Waals surface area contributed by atoms with Gasteiger partial charge in [-0.05, 0) is 72.6 Å². The first-order valence-corrected chi connectivity index (χ1v) is 8.03. The highest BCUT2D eigenvalue weighted by Crippen LogP contribution is 2.32. The van der Waals surface area contributed by atoms with E-state index in [-0.39, 0.29) is 11.6 Å². The van der Waals surface area contributed by atoms with E-state index >= 15 is 0 Å². The van der Waals surface area contributed by atoms with Crippen LogP contribution in [0.3, 0.4) is 0 Å². The minimum absolute atomic E-state index is 0.267. The quantitative estimate of drug-likeness (QED) is 0.429. The van der Waals surface area contributed by atoms with Gasteiger partial charge in [0.2, 0.25) is 0 Å². The molecule has 4 aromatic rings. The highest BCUT2D eigenvalue weighted by atomic mass is 19.1. The second-order valence-corrected chi connectivity index (χ2v) is 6.09. The maximum absolute atomic E-state index is 13.3. The van der Waals surface area contributed by atoms with Crippen molar-refractivity contribution in [3.8, 4) is 22.4 Å². The Hall–Kier alpha value is -3.07. The Morgan fingerprint density at radius 3 is 1.92 bits per heavy atom. The number of halogens is 2. The molecule has 0 saturated heterocycles. The fourth-order valence-corrected chi connectivity index (χ4v) is 2.98. The predicted molar refractivity (Wildman–Crippen MR) is 97.3 cm³/mol. The number of hydrogen-bond donors (Lipinski definition) is 0. The van der Waals surface area contributed by atoms with Crippen LogP contribution in [0.4, 0.5) is 8.78 Å². The molecule has 4 rings (SSSR count). The number of pyridine rings is 1. The molecular formula is C22H15F2N. The molecule has 0 amide bonds. The third kappa shape index (κ3) is 3.01. The number of benzene rings is 3. The van der Waals surface area contributed by atoms with Crippen molar-refractivity contribution in [2.24, 2.45) is 0 Å². The molecule has 0 aliphatic rings. The van der Waals surface area contributed by atoms with E-state index in [1.54, 1.807) is 24.3 Å². The van der Waals surface area contributed by atoms with Gasteiger partial charge in [-0.1, -0.05) is 23.8 Å². The first-order valence-electron chi connectivity index (χ1n) is 8.03. The van der Waals surface area contributed by atoms with Gasteiger partial charge >= 0.3 is 0 Å². The molecule has 0 aliphatic heterocycles. The van der Waals surface area contributed by atoms with Crippen LogP contribution in [0.1, 0.15) is 5.56 Å². The highest BCUT2D eigenvalue weighted by molar-refractivity contribution is 5.97. The summed E-state index contributed by atoms with van der Waals surface area (Å²) in [5.74, 6) is -0.545. The fourth-order valence-electron chi connectivity index (χ4n) is 2.98. The van der Waals surface area contributed by atoms with Gasteiger partial charge in [-0.3, -0.25) is 0 Å². The van der Waals surface area contributed by atoms with Crippen LogP contribution in [0.5, 0.6) is 0 Å². The predicted octanol–water partition coefficient (Wildman–Crippen LogP) is 6.16. The van der Waals surface area contributed by atoms with Crippen molar-refractivity contribution in [1.82, 2.24) is 4.98 Å². The maximum atomic E-state index is 13.3. The Morgan fingerprint density at radius 2 is 1.28 bits per heavy atom. The molecule has 0 spiro atoms. The van der Waals surface area contributed by atoms with Gasteiger partial charge in [-0.15, -0.1) is 0 Å². The van der Waals surface area contributed by atoms with Crippen LogP contribution in [-0.2, 0) is 0 Å². The molecule has 1 heterocycles. The SMILES string of the molecule is Cc1ccc2nc(-c3ccc(F)cc3)cc(-c3ccc(F)cc3)c2c1. The van der Waals surface area contributed by atoms with E-state index in [0.717, 1.165) is 38.9 Å². The summed E-state index contributed by atoms with van der Waals surface area (Å²) in [6.45, 7) is 2.03. The monoisotopic (exact) mass is 331 g/mol. The average Bonchev–Trinajstić information content (AvgIpc) is 2.62. The molecule has 0 atom stereocenters. The molecule has 0 aliphatic carbocycles. The number of nitrogens with zero attached hydrogens (tertiary/aromatic N) is 1. The lowest BCUT2D eigenvalue weighted by molar-refractivity contribution is 0.627. The summed E-state index contributed by atoms with van der Waals surface area (Å²) < 4.78 is 26.5. The van der Waals surface area contributed by atoms with Crippen molar-refractivity contribution < 1.29 is 8.78 Å². The van der Waals surface area contributed by atoms with Crippen molar-refractivity contribution >= 4 is 10.9 Å². The van der Waals surface area contributed by atoms with Crippen LogP contribution in [-0.4, -0.2) is 4.98 Å². The van der Waals surface area contributed by atoms with Gasteiger partial charge in [0, 0.05) is 10.9 Å². The topological polar surface area (TPSA) is 12.9 Å². The molecular weight excluding hydrogens is 316 g/mol. The first-order chi connectivity index (χ1) is 12.1. The van der Waals surface area contributed by atoms with Crippen LogP contribution in [0, 0.1) is 18.6 Å². The Bertz CT molecular complexity index is 1050. The Kier molecular flexibility index (Phi) is 3.77. The van der Waals surface area contributed by atoms with E-state index in [9.17, 15) is 8.78 Å². The van der Waals surface area contributed by atoms with Crippen molar-refractivity contribution in [2.75, 3.05) is 0 Å². The Balaban J connectivity index is 1.99. The maximum Gasteiger partial charge on any atom is 0.123 e. The molecule has 122 valence electrons. The second kappa shape index (κ2) is 6.10. The third-order valence-corrected chi connectivity index (χ3v) is 4.26. The third-order valence-electron chi connectivity index (χ3n) is 4.26. The summed E-state index contributed by atoms with van der Waals surface area (Å²) in [4.78, 5) is 4.72. The number of aryl methyl sites for hydroxylation is 1. The number of rotatable bonds is 2. The van der Waals surface area contributed by atoms with Crippen LogP contribution in [0.25, 0.3) is 33.3 Å². The molecule has 25 heavy (non-hydrogen) atoms. The van der Waals surface area contributed by atoms with Gasteiger partial charge < -0.3 is 0 Å². The number of hydrogen-bond acceptors (Lipinski definition) is 1. The van der Waals surface area contributed by atoms with Gasteiger partial charge in [0.05, 0.1) is 11.2 Å². The average molecular weight is 331 g/mol. The van der Waals surface area contributed by atoms with Gasteiger partial charge in [0.1, 0.15) is 11.6 Å². The van der Waals surface area contributed by atoms with Crippen LogP contribution in [0.15, 0.2) is 72.8 Å². The van der Waals surface area contributed by atoms with Gasteiger partial charge in [-0.25, -0.2) is 13.8 Å². The zero-order valence-electron chi connectivity index (χ0n) is 13.6. The minimum Gasteiger partial charge on any atom is -0.248 e. The largest absolute Gasteiger partial charge is 0.248 e. The molecule has 0 N–H and O–H groups in total. The van der Waals surface area contributed by atoms with Gasteiger partial charge in [0.25, 0.3) is 0 Å². The lowest BCUT2D eigenvalue weighted by Crippen LogP contribution is -1.91. The summed E-state index contributed by atoms with van der Waals surface area (Å²) in [6, 6.07) is 20.8. The molecule has 0 saturated carbocycles. The second-order valence-electron chi connectivity index (χ2n) is 6.09. The Morgan fingerprint density at radius 1 is 0.680 bits per heavy atom. The summed E-state index contributed by atoms with van der Waals surface area (Å²) in [5, 5.41) is 1.01. The summed E-state index contributed by atoms with van der Waals surface area (Å²) >= 11 is 0. The molecule has 0 fully saturated rings. The van der Waals surface area contributed by atoms with Crippen molar-refractivity contribution in [3.63, 3.8) is 0 Å². The fraction of sp³-hybridized carbons (Fsp3) is 0.0455. The lowest BCUT2D eigenvalue weighted by atomic mass is 9.97. The summed E-state index contributed by atoms with van der Waals surface area (Å²) in [7, 11) is 0. The smallest absolute Gasteiger partial charge is 0.123 e. The lowest BCUT2D eigenvalue weighted by Gasteiger charge is -2.11. The van der Waals surface area contributed by atoms with Crippen LogP contribution < -0.4 is 0 Å². The normalized spacial score (nSPS) is 11.0. The zero-order valence-corrected chi connectivity index (χ0v) is 13.6. The summed E-state index contributed by atoms with van der Waals surface area (Å²) in [6.07, 6.45) is 0. The Labute approximate surface area is 144 Å². The standard InChI is InChI=1S/C22H15F2N/c1-14-2-11-21-20(12-14)19(15-3-7-17(23)8-4-15)13-22(25-21)16-5-9-18(24)10-6-16/h2-13H,1H3. The van der Waals surface area contributed by atoms with Gasteiger partial charge in [-0.2, -0.15) is 0 Å². The molecule has 3 aromatic carbocycles. The van der Waals surface area contributed by atoms with Gasteiger partial charge in [0.15, 0.2) is 0 Å². The van der Waals surface area contributed by atoms with E-state index in [4.69, 9.17) is 4.98 Å². The molecule has 0 unspecified atom stereocenters. The molecule has 1 nitrogen and oxygen atoms in total. The van der Waals surface area contributed by atoms with Crippen molar-refractivity contribution in [1.29, 1.82) is 0 Å². The van der Waals surface area contributed by atoms with Crippen LogP contribution >= 0.6 is 0 Å². The van der Waals surface area contributed by atoms with Crippen LogP contribution in [0.2, 0.25) is 0 Å². The zero-order chi connectivity index (χ0) is 17.4. The highest BCUT2D eigenvalue weighted by Gasteiger charge is 2.10. The molecule has 3 heteroatoms. The molecule has 0 radical (unpaired) electrons. The van der Waals surface area contributed by atoms with Crippen molar-refractivity contribution in [2.45, 2.75) is 6.92 Å². The minimum atomic E-state index is -0.279. The van der Waals surface area contributed by atoms with E-state index in [1.807, 2.05) is 25.1 Å². The first kappa shape index (κ1) is 15.5. The number of fused-ring (bicyclic) bond motifs is 1. The number of aromatic nitrogens is 1. The van der Waals surface area contributed by atoms with E-state index in [1.165, 1.54) is 24.3 Å². The molecule has 0 bridgehead atoms. The van der Waals surface area contributed by atoms with E-state index in [0.29, 0.717) is 0 Å². The van der Waals surface area contributed by atoms with Crippen molar-refractivity contribution in [3.05, 3.63) is 90.0 Å². The van der Waals surface area contributed by atoms with E-state index in [2.05, 4.69) is 6.07 Å². The van der Waals surface area contributed by atoms with E-state index < -0.39 is 0 Å². The summed E-state index contributed by atoms with van der Waals surface area (Å²) in [5.41, 5.74) is 5.48.